The molecule has 1 unspecified atom stereocenters. The van der Waals surface area contributed by atoms with Crippen molar-refractivity contribution in [3.8, 4) is 11.4 Å². The van der Waals surface area contributed by atoms with Crippen molar-refractivity contribution in [2.45, 2.75) is 4.90 Å². The Labute approximate surface area is 111 Å². The fourth-order valence-corrected chi connectivity index (χ4v) is 2.38. The molecule has 4 nitrogen and oxygen atoms in total. The number of fused-ring (bicyclic) bond motifs is 1. The second-order valence-electron chi connectivity index (χ2n) is 4.06. The van der Waals surface area contributed by atoms with Crippen LogP contribution in [-0.4, -0.2) is 25.4 Å². The average Bonchev–Trinajstić information content (AvgIpc) is 2.82. The lowest BCUT2D eigenvalue weighted by Crippen LogP contribution is -1.92. The molecule has 1 aromatic carbocycles. The summed E-state index contributed by atoms with van der Waals surface area (Å²) in [5.41, 5.74) is 1.56. The van der Waals surface area contributed by atoms with Crippen LogP contribution >= 0.6 is 0 Å². The van der Waals surface area contributed by atoms with Gasteiger partial charge in [0.05, 0.1) is 11.1 Å². The fourth-order valence-electron chi connectivity index (χ4n) is 1.84. The first-order chi connectivity index (χ1) is 9.15. The lowest BCUT2D eigenvalue weighted by atomic mass is 10.2. The lowest BCUT2D eigenvalue weighted by Gasteiger charge is -2.02. The molecular weight excluding hydrogens is 265 g/mol. The van der Waals surface area contributed by atoms with Crippen LogP contribution in [0.25, 0.3) is 22.6 Å². The number of rotatable bonds is 2. The maximum absolute atomic E-state index is 13.9. The molecule has 0 bridgehead atoms. The highest BCUT2D eigenvalue weighted by molar-refractivity contribution is 7.84. The van der Waals surface area contributed by atoms with Gasteiger partial charge in [-0.3, -0.25) is 4.21 Å². The Kier molecular flexibility index (Phi) is 2.87. The molecule has 0 fully saturated rings. The predicted molar refractivity (Wildman–Crippen MR) is 71.6 cm³/mol. The summed E-state index contributed by atoms with van der Waals surface area (Å²) in [6.45, 7) is 0. The number of nitrogens with one attached hydrogen (secondary N) is 1. The molecular formula is C13H10FN3OS. The molecule has 1 N–H and O–H groups in total. The van der Waals surface area contributed by atoms with Crippen LogP contribution in [-0.2, 0) is 10.8 Å². The van der Waals surface area contributed by atoms with E-state index in [0.29, 0.717) is 21.9 Å². The topological polar surface area (TPSA) is 58.6 Å². The summed E-state index contributed by atoms with van der Waals surface area (Å²) in [6.07, 6.45) is 3.18. The van der Waals surface area contributed by atoms with Gasteiger partial charge < -0.3 is 4.98 Å². The number of halogens is 1. The Morgan fingerprint density at radius 3 is 2.89 bits per heavy atom. The summed E-state index contributed by atoms with van der Waals surface area (Å²) in [5, 5.41) is 0. The van der Waals surface area contributed by atoms with E-state index in [1.807, 2.05) is 6.07 Å². The third kappa shape index (κ3) is 2.15. The highest BCUT2D eigenvalue weighted by Gasteiger charge is 2.12. The number of aromatic amines is 1. The minimum atomic E-state index is -1.16. The van der Waals surface area contributed by atoms with Crippen LogP contribution in [0.5, 0.6) is 0 Å². The van der Waals surface area contributed by atoms with Gasteiger partial charge in [0.15, 0.2) is 5.65 Å². The second-order valence-corrected chi connectivity index (χ2v) is 5.44. The summed E-state index contributed by atoms with van der Waals surface area (Å²) >= 11 is 0. The maximum atomic E-state index is 13.9. The third-order valence-electron chi connectivity index (χ3n) is 2.78. The van der Waals surface area contributed by atoms with Crippen LogP contribution in [0.3, 0.4) is 0 Å². The quantitative estimate of drug-likeness (QED) is 0.781. The van der Waals surface area contributed by atoms with Crippen molar-refractivity contribution in [1.82, 2.24) is 15.0 Å². The van der Waals surface area contributed by atoms with Gasteiger partial charge in [-0.05, 0) is 30.3 Å². The van der Waals surface area contributed by atoms with Crippen molar-refractivity contribution >= 4 is 22.0 Å². The summed E-state index contributed by atoms with van der Waals surface area (Å²) in [6, 6.07) is 7.95. The van der Waals surface area contributed by atoms with Gasteiger partial charge in [-0.2, -0.15) is 0 Å². The first-order valence-electron chi connectivity index (χ1n) is 5.59. The number of hydrogen-bond donors (Lipinski definition) is 1. The van der Waals surface area contributed by atoms with E-state index in [1.54, 1.807) is 24.6 Å². The Morgan fingerprint density at radius 1 is 1.32 bits per heavy atom. The van der Waals surface area contributed by atoms with Crippen molar-refractivity contribution in [2.24, 2.45) is 0 Å². The summed E-state index contributed by atoms with van der Waals surface area (Å²) in [7, 11) is -1.16. The van der Waals surface area contributed by atoms with E-state index in [2.05, 4.69) is 15.0 Å². The molecule has 0 spiro atoms. The maximum Gasteiger partial charge on any atom is 0.178 e. The number of nitrogens with zero attached hydrogens (tertiary/aromatic N) is 2. The first kappa shape index (κ1) is 12.0. The number of aromatic nitrogens is 3. The van der Waals surface area contributed by atoms with Crippen molar-refractivity contribution in [1.29, 1.82) is 0 Å². The predicted octanol–water partition coefficient (Wildman–Crippen LogP) is 2.50. The molecule has 6 heteroatoms. The zero-order valence-corrected chi connectivity index (χ0v) is 10.9. The molecule has 0 aliphatic carbocycles. The number of pyridine rings is 1. The summed E-state index contributed by atoms with van der Waals surface area (Å²) in [4.78, 5) is 11.9. The van der Waals surface area contributed by atoms with E-state index >= 15 is 0 Å². The van der Waals surface area contributed by atoms with E-state index in [4.69, 9.17) is 0 Å². The zero-order valence-electron chi connectivity index (χ0n) is 10.1. The second kappa shape index (κ2) is 4.55. The van der Waals surface area contributed by atoms with Gasteiger partial charge in [0.2, 0.25) is 0 Å². The molecule has 0 saturated carbocycles. The SMILES string of the molecule is CS(=O)c1ccc(F)c(-c2nc3ncccc3[nH]2)c1. The van der Waals surface area contributed by atoms with Gasteiger partial charge in [0.25, 0.3) is 0 Å². The standard InChI is InChI=1S/C13H10FN3OS/c1-19(18)8-4-5-10(14)9(7-8)12-16-11-3-2-6-15-13(11)17-12/h2-7H,1H3,(H,15,16,17). The van der Waals surface area contributed by atoms with Gasteiger partial charge in [-0.1, -0.05) is 0 Å². The molecule has 19 heavy (non-hydrogen) atoms. The molecule has 0 amide bonds. The highest BCUT2D eigenvalue weighted by Crippen LogP contribution is 2.24. The number of imidazole rings is 1. The molecule has 3 rings (SSSR count). The van der Waals surface area contributed by atoms with E-state index in [-0.39, 0.29) is 0 Å². The molecule has 0 saturated heterocycles. The normalized spacial score (nSPS) is 12.7. The summed E-state index contributed by atoms with van der Waals surface area (Å²) < 4.78 is 25.3. The van der Waals surface area contributed by atoms with Crippen LogP contribution in [0.1, 0.15) is 0 Å². The molecule has 96 valence electrons. The fraction of sp³-hybridized carbons (Fsp3) is 0.0769. The van der Waals surface area contributed by atoms with Crippen LogP contribution in [0.15, 0.2) is 41.4 Å². The summed E-state index contributed by atoms with van der Waals surface area (Å²) in [5.74, 6) is -0.0215. The van der Waals surface area contributed by atoms with Crippen LogP contribution in [0.2, 0.25) is 0 Å². The molecule has 3 aromatic rings. The van der Waals surface area contributed by atoms with Crippen molar-refractivity contribution in [3.63, 3.8) is 0 Å². The van der Waals surface area contributed by atoms with Gasteiger partial charge in [-0.15, -0.1) is 0 Å². The number of benzene rings is 1. The van der Waals surface area contributed by atoms with Gasteiger partial charge >= 0.3 is 0 Å². The number of hydrogen-bond acceptors (Lipinski definition) is 3. The van der Waals surface area contributed by atoms with Crippen LogP contribution in [0.4, 0.5) is 4.39 Å². The molecule has 2 aromatic heterocycles. The molecule has 0 aliphatic heterocycles. The van der Waals surface area contributed by atoms with E-state index in [9.17, 15) is 8.60 Å². The highest BCUT2D eigenvalue weighted by atomic mass is 32.2. The minimum Gasteiger partial charge on any atom is -0.336 e. The van der Waals surface area contributed by atoms with Crippen molar-refractivity contribution < 1.29 is 8.60 Å². The van der Waals surface area contributed by atoms with Gasteiger partial charge in [0, 0.05) is 28.1 Å². The molecule has 0 aliphatic rings. The zero-order chi connectivity index (χ0) is 13.4. The average molecular weight is 275 g/mol. The Morgan fingerprint density at radius 2 is 2.16 bits per heavy atom. The smallest absolute Gasteiger partial charge is 0.178 e. The third-order valence-corrected chi connectivity index (χ3v) is 3.70. The Balaban J connectivity index is 2.20. The van der Waals surface area contributed by atoms with Crippen molar-refractivity contribution in [3.05, 3.63) is 42.3 Å². The number of H-pyrrole nitrogens is 1. The lowest BCUT2D eigenvalue weighted by molar-refractivity contribution is 0.628. The van der Waals surface area contributed by atoms with Gasteiger partial charge in [-0.25, -0.2) is 14.4 Å². The van der Waals surface area contributed by atoms with Crippen LogP contribution < -0.4 is 0 Å². The largest absolute Gasteiger partial charge is 0.336 e. The molecule has 1 atom stereocenters. The van der Waals surface area contributed by atoms with E-state index < -0.39 is 16.6 Å². The van der Waals surface area contributed by atoms with Crippen LogP contribution in [0, 0.1) is 5.82 Å². The Bertz CT molecular complexity index is 751. The van der Waals surface area contributed by atoms with E-state index in [1.165, 1.54) is 12.1 Å². The van der Waals surface area contributed by atoms with Gasteiger partial charge in [0.1, 0.15) is 11.6 Å². The molecule has 2 heterocycles. The minimum absolute atomic E-state index is 0.297. The van der Waals surface area contributed by atoms with E-state index in [0.717, 1.165) is 5.52 Å². The Hall–Kier alpha value is -2.08. The van der Waals surface area contributed by atoms with Crippen molar-refractivity contribution in [2.75, 3.05) is 6.26 Å². The monoisotopic (exact) mass is 275 g/mol. The molecule has 0 radical (unpaired) electrons. The first-order valence-corrected chi connectivity index (χ1v) is 7.15.